The third kappa shape index (κ3) is 3.77. The van der Waals surface area contributed by atoms with Gasteiger partial charge in [0.15, 0.2) is 0 Å². The predicted octanol–water partition coefficient (Wildman–Crippen LogP) is 3.47. The van der Waals surface area contributed by atoms with Crippen molar-refractivity contribution in [3.8, 4) is 0 Å². The molecule has 4 heteroatoms. The van der Waals surface area contributed by atoms with E-state index in [1.807, 2.05) is 24.3 Å². The van der Waals surface area contributed by atoms with Gasteiger partial charge in [-0.25, -0.2) is 4.79 Å². The number of rotatable bonds is 5. The first-order valence-electron chi connectivity index (χ1n) is 8.03. The Morgan fingerprint density at radius 1 is 1.22 bits per heavy atom. The summed E-state index contributed by atoms with van der Waals surface area (Å²) in [4.78, 5) is 15.0. The second-order valence-electron chi connectivity index (χ2n) is 6.38. The summed E-state index contributed by atoms with van der Waals surface area (Å²) in [5.74, 6) is -0.0680. The fourth-order valence-corrected chi connectivity index (χ4v) is 3.53. The van der Waals surface area contributed by atoms with E-state index in [2.05, 4.69) is 4.98 Å². The number of aliphatic hydroxyl groups is 1. The molecular formula is C19H21NO3. The number of carboxylic acids is 1. The van der Waals surface area contributed by atoms with Crippen molar-refractivity contribution in [3.05, 3.63) is 65.5 Å². The van der Waals surface area contributed by atoms with Crippen molar-refractivity contribution in [2.75, 3.05) is 0 Å². The standard InChI is InChI=1S/C19H21NO3/c21-18(17-2-1-9-20-12-17)16-8-5-14(11-16)10-13-3-6-15(7-4-13)19(22)23/h1-4,6-7,9,12,14,16,18,21H,5,8,10-11H2,(H,22,23)/t14-,16-,18-/m0/s1. The van der Waals surface area contributed by atoms with Gasteiger partial charge in [-0.15, -0.1) is 0 Å². The van der Waals surface area contributed by atoms with E-state index in [9.17, 15) is 9.90 Å². The summed E-state index contributed by atoms with van der Waals surface area (Å²) in [5.41, 5.74) is 2.38. The lowest BCUT2D eigenvalue weighted by Gasteiger charge is -2.18. The number of nitrogens with zero attached hydrogens (tertiary/aromatic N) is 1. The van der Waals surface area contributed by atoms with Gasteiger partial charge in [0, 0.05) is 12.4 Å². The van der Waals surface area contributed by atoms with Gasteiger partial charge in [-0.1, -0.05) is 18.2 Å². The molecule has 1 fully saturated rings. The second-order valence-corrected chi connectivity index (χ2v) is 6.38. The fourth-order valence-electron chi connectivity index (χ4n) is 3.53. The minimum absolute atomic E-state index is 0.280. The number of aliphatic hydroxyl groups excluding tert-OH is 1. The third-order valence-electron chi connectivity index (χ3n) is 4.78. The summed E-state index contributed by atoms with van der Waals surface area (Å²) in [6, 6.07) is 10.9. The molecule has 0 radical (unpaired) electrons. The molecule has 0 bridgehead atoms. The Balaban J connectivity index is 1.58. The van der Waals surface area contributed by atoms with E-state index >= 15 is 0 Å². The molecule has 4 nitrogen and oxygen atoms in total. The van der Waals surface area contributed by atoms with E-state index in [0.717, 1.165) is 36.8 Å². The number of carboxylic acid groups (broad SMARTS) is 1. The van der Waals surface area contributed by atoms with Gasteiger partial charge in [-0.3, -0.25) is 4.98 Å². The molecule has 120 valence electrons. The van der Waals surface area contributed by atoms with Crippen LogP contribution in [-0.4, -0.2) is 21.2 Å². The Kier molecular flexibility index (Phi) is 4.72. The highest BCUT2D eigenvalue weighted by Gasteiger charge is 2.30. The van der Waals surface area contributed by atoms with Crippen LogP contribution in [0.3, 0.4) is 0 Å². The lowest BCUT2D eigenvalue weighted by Crippen LogP contribution is -2.10. The zero-order valence-electron chi connectivity index (χ0n) is 12.9. The van der Waals surface area contributed by atoms with Crippen molar-refractivity contribution < 1.29 is 15.0 Å². The number of aromatic nitrogens is 1. The van der Waals surface area contributed by atoms with E-state index in [-0.39, 0.29) is 5.92 Å². The summed E-state index contributed by atoms with van der Waals surface area (Å²) in [5, 5.41) is 19.4. The van der Waals surface area contributed by atoms with E-state index in [1.54, 1.807) is 24.5 Å². The average molecular weight is 311 g/mol. The van der Waals surface area contributed by atoms with Gasteiger partial charge in [0.25, 0.3) is 0 Å². The number of aromatic carboxylic acids is 1. The molecule has 23 heavy (non-hydrogen) atoms. The molecule has 1 saturated carbocycles. The maximum atomic E-state index is 10.9. The van der Waals surface area contributed by atoms with Crippen LogP contribution in [0.2, 0.25) is 0 Å². The van der Waals surface area contributed by atoms with Gasteiger partial charge in [-0.2, -0.15) is 0 Å². The molecule has 1 aliphatic rings. The summed E-state index contributed by atoms with van der Waals surface area (Å²) >= 11 is 0. The van der Waals surface area contributed by atoms with Crippen molar-refractivity contribution in [3.63, 3.8) is 0 Å². The van der Waals surface area contributed by atoms with Crippen molar-refractivity contribution in [2.45, 2.75) is 31.8 Å². The van der Waals surface area contributed by atoms with Crippen molar-refractivity contribution in [1.82, 2.24) is 4.98 Å². The fraction of sp³-hybridized carbons (Fsp3) is 0.368. The molecular weight excluding hydrogens is 290 g/mol. The summed E-state index contributed by atoms with van der Waals surface area (Å²) < 4.78 is 0. The first-order valence-corrected chi connectivity index (χ1v) is 8.03. The Morgan fingerprint density at radius 2 is 2.00 bits per heavy atom. The number of pyridine rings is 1. The van der Waals surface area contributed by atoms with Crippen LogP contribution in [0.4, 0.5) is 0 Å². The first kappa shape index (κ1) is 15.7. The lowest BCUT2D eigenvalue weighted by atomic mass is 9.92. The van der Waals surface area contributed by atoms with Gasteiger partial charge < -0.3 is 10.2 Å². The van der Waals surface area contributed by atoms with E-state index in [1.165, 1.54) is 0 Å². The van der Waals surface area contributed by atoms with Crippen LogP contribution in [0.25, 0.3) is 0 Å². The average Bonchev–Trinajstić information content (AvgIpc) is 3.04. The molecule has 3 atom stereocenters. The summed E-state index contributed by atoms with van der Waals surface area (Å²) in [6.07, 6.45) is 7.07. The highest BCUT2D eigenvalue weighted by atomic mass is 16.4. The van der Waals surface area contributed by atoms with Gasteiger partial charge in [0.05, 0.1) is 11.7 Å². The predicted molar refractivity (Wildman–Crippen MR) is 87.1 cm³/mol. The molecule has 1 aliphatic carbocycles. The summed E-state index contributed by atoms with van der Waals surface area (Å²) in [6.45, 7) is 0. The quantitative estimate of drug-likeness (QED) is 0.887. The topological polar surface area (TPSA) is 70.4 Å². The maximum Gasteiger partial charge on any atom is 0.335 e. The van der Waals surface area contributed by atoms with Crippen molar-refractivity contribution in [1.29, 1.82) is 0 Å². The van der Waals surface area contributed by atoms with Crippen LogP contribution in [0.1, 0.15) is 46.9 Å². The van der Waals surface area contributed by atoms with Gasteiger partial charge >= 0.3 is 5.97 Å². The maximum absolute atomic E-state index is 10.9. The minimum atomic E-state index is -0.892. The van der Waals surface area contributed by atoms with Gasteiger partial charge in [0.1, 0.15) is 0 Å². The third-order valence-corrected chi connectivity index (χ3v) is 4.78. The van der Waals surface area contributed by atoms with Crippen LogP contribution in [0, 0.1) is 11.8 Å². The molecule has 2 aromatic rings. The zero-order valence-corrected chi connectivity index (χ0v) is 12.9. The van der Waals surface area contributed by atoms with E-state index in [4.69, 9.17) is 5.11 Å². The van der Waals surface area contributed by atoms with Crippen LogP contribution in [-0.2, 0) is 6.42 Å². The molecule has 1 heterocycles. The van der Waals surface area contributed by atoms with Crippen molar-refractivity contribution in [2.24, 2.45) is 11.8 Å². The van der Waals surface area contributed by atoms with E-state index in [0.29, 0.717) is 11.5 Å². The normalized spacial score (nSPS) is 22.0. The Hall–Kier alpha value is -2.20. The smallest absolute Gasteiger partial charge is 0.335 e. The van der Waals surface area contributed by atoms with Crippen LogP contribution in [0.15, 0.2) is 48.8 Å². The van der Waals surface area contributed by atoms with Crippen LogP contribution >= 0.6 is 0 Å². The molecule has 0 unspecified atom stereocenters. The van der Waals surface area contributed by atoms with Crippen LogP contribution in [0.5, 0.6) is 0 Å². The number of benzene rings is 1. The summed E-state index contributed by atoms with van der Waals surface area (Å²) in [7, 11) is 0. The van der Waals surface area contributed by atoms with Gasteiger partial charge in [-0.05, 0) is 66.8 Å². The minimum Gasteiger partial charge on any atom is -0.478 e. The highest BCUT2D eigenvalue weighted by molar-refractivity contribution is 5.87. The monoisotopic (exact) mass is 311 g/mol. The molecule has 1 aromatic carbocycles. The molecule has 2 N–H and O–H groups in total. The van der Waals surface area contributed by atoms with E-state index < -0.39 is 12.1 Å². The van der Waals surface area contributed by atoms with Crippen molar-refractivity contribution >= 4 is 5.97 Å². The molecule has 0 spiro atoms. The Morgan fingerprint density at radius 3 is 2.65 bits per heavy atom. The number of hydrogen-bond acceptors (Lipinski definition) is 3. The Bertz CT molecular complexity index is 654. The molecule has 0 aliphatic heterocycles. The number of hydrogen-bond donors (Lipinski definition) is 2. The SMILES string of the molecule is O=C(O)c1ccc(C[C@@H]2CC[C@H]([C@H](O)c3cccnc3)C2)cc1. The van der Waals surface area contributed by atoms with Crippen LogP contribution < -0.4 is 0 Å². The zero-order chi connectivity index (χ0) is 16.2. The largest absolute Gasteiger partial charge is 0.478 e. The second kappa shape index (κ2) is 6.92. The lowest BCUT2D eigenvalue weighted by molar-refractivity contribution is 0.0697. The number of carbonyl (C=O) groups is 1. The Labute approximate surface area is 135 Å². The highest BCUT2D eigenvalue weighted by Crippen LogP contribution is 2.40. The van der Waals surface area contributed by atoms with Gasteiger partial charge in [0.2, 0.25) is 0 Å². The first-order chi connectivity index (χ1) is 11.1. The molecule has 0 saturated heterocycles. The molecule has 1 aromatic heterocycles. The molecule has 0 amide bonds. The molecule has 3 rings (SSSR count).